The van der Waals surface area contributed by atoms with Gasteiger partial charge in [-0.05, 0) is 17.2 Å². The van der Waals surface area contributed by atoms with E-state index in [4.69, 9.17) is 9.72 Å². The van der Waals surface area contributed by atoms with Crippen LogP contribution in [0.15, 0.2) is 66.1 Å². The van der Waals surface area contributed by atoms with Crippen molar-refractivity contribution >= 4 is 17.1 Å². The molecule has 160 valence electrons. The highest BCUT2D eigenvalue weighted by molar-refractivity contribution is 5.97. The third-order valence-electron chi connectivity index (χ3n) is 6.24. The van der Waals surface area contributed by atoms with Gasteiger partial charge in [-0.15, -0.1) is 0 Å². The molecule has 0 saturated carbocycles. The molecule has 0 spiro atoms. The third kappa shape index (κ3) is 3.54. The number of allylic oxidation sites excluding steroid dienone is 1. The first-order valence-corrected chi connectivity index (χ1v) is 11.1. The van der Waals surface area contributed by atoms with Gasteiger partial charge in [0.25, 0.3) is 0 Å². The van der Waals surface area contributed by atoms with E-state index in [1.807, 2.05) is 36.8 Å². The molecule has 7 nitrogen and oxygen atoms in total. The van der Waals surface area contributed by atoms with Crippen LogP contribution in [0.25, 0.3) is 5.57 Å². The van der Waals surface area contributed by atoms with Crippen LogP contribution in [-0.4, -0.2) is 53.6 Å². The van der Waals surface area contributed by atoms with Gasteiger partial charge in [0, 0.05) is 43.0 Å². The molecular weight excluding hydrogens is 400 g/mol. The van der Waals surface area contributed by atoms with Gasteiger partial charge in [0.05, 0.1) is 43.4 Å². The predicted octanol–water partition coefficient (Wildman–Crippen LogP) is 2.79. The lowest BCUT2D eigenvalue weighted by atomic mass is 10.0. The maximum atomic E-state index is 5.48. The summed E-state index contributed by atoms with van der Waals surface area (Å²) in [4.78, 5) is 20.9. The summed E-state index contributed by atoms with van der Waals surface area (Å²) in [5, 5.41) is 3.46. The van der Waals surface area contributed by atoms with E-state index in [1.165, 1.54) is 11.1 Å². The zero-order valence-corrected chi connectivity index (χ0v) is 17.7. The number of nitrogens with zero attached hydrogens (tertiary/aromatic N) is 5. The number of nitrogens with one attached hydrogen (secondary N) is 1. The number of pyridine rings is 1. The monoisotopic (exact) mass is 424 g/mol. The molecule has 4 heterocycles. The van der Waals surface area contributed by atoms with Crippen molar-refractivity contribution in [2.75, 3.05) is 37.7 Å². The van der Waals surface area contributed by atoms with Crippen LogP contribution >= 0.6 is 0 Å². The number of fused-ring (bicyclic) bond motifs is 1. The average Bonchev–Trinajstić information content (AvgIpc) is 3.53. The molecule has 1 fully saturated rings. The minimum absolute atomic E-state index is 0.170. The van der Waals surface area contributed by atoms with Crippen LogP contribution in [0.3, 0.4) is 0 Å². The van der Waals surface area contributed by atoms with Crippen molar-refractivity contribution in [1.29, 1.82) is 0 Å². The fourth-order valence-electron chi connectivity index (χ4n) is 4.49. The lowest BCUT2D eigenvalue weighted by Gasteiger charge is -2.29. The highest BCUT2D eigenvalue weighted by Gasteiger charge is 2.23. The van der Waals surface area contributed by atoms with E-state index in [1.54, 1.807) is 0 Å². The maximum Gasteiger partial charge on any atom is 0.194 e. The average molecular weight is 425 g/mol. The molecule has 0 amide bonds. The molecule has 2 aliphatic heterocycles. The van der Waals surface area contributed by atoms with Crippen LogP contribution in [0.5, 0.6) is 0 Å². The van der Waals surface area contributed by atoms with Gasteiger partial charge >= 0.3 is 0 Å². The third-order valence-corrected chi connectivity index (χ3v) is 6.24. The van der Waals surface area contributed by atoms with Gasteiger partial charge in [0.2, 0.25) is 0 Å². The van der Waals surface area contributed by atoms with E-state index >= 15 is 0 Å². The molecule has 0 radical (unpaired) electrons. The van der Waals surface area contributed by atoms with Gasteiger partial charge in [-0.1, -0.05) is 36.4 Å². The van der Waals surface area contributed by atoms with Gasteiger partial charge in [0.1, 0.15) is 0 Å². The Morgan fingerprint density at radius 2 is 1.78 bits per heavy atom. The first-order valence-electron chi connectivity index (χ1n) is 11.1. The van der Waals surface area contributed by atoms with Crippen LogP contribution in [-0.2, 0) is 11.2 Å². The Kier molecular flexibility index (Phi) is 4.88. The number of amidine groups is 1. The molecule has 32 heavy (non-hydrogen) atoms. The van der Waals surface area contributed by atoms with Crippen LogP contribution in [0, 0.1) is 0 Å². The summed E-state index contributed by atoms with van der Waals surface area (Å²) in [5.41, 5.74) is 6.80. The van der Waals surface area contributed by atoms with Crippen molar-refractivity contribution in [2.24, 2.45) is 4.99 Å². The molecule has 6 rings (SSSR count). The summed E-state index contributed by atoms with van der Waals surface area (Å²) in [7, 11) is 0. The molecule has 0 unspecified atom stereocenters. The summed E-state index contributed by atoms with van der Waals surface area (Å²) >= 11 is 0. The van der Waals surface area contributed by atoms with Crippen molar-refractivity contribution in [2.45, 2.75) is 12.5 Å². The van der Waals surface area contributed by atoms with Crippen molar-refractivity contribution in [3.63, 3.8) is 0 Å². The largest absolute Gasteiger partial charge is 0.378 e. The minimum atomic E-state index is 0.170. The molecule has 1 saturated heterocycles. The lowest BCUT2D eigenvalue weighted by Crippen LogP contribution is -2.36. The van der Waals surface area contributed by atoms with Gasteiger partial charge in [-0.2, -0.15) is 0 Å². The SMILES string of the molecule is C1=C(c2cnc(C3=NC[C@H](c4ccccc4)N3)nc2)c2cc(N3CCOCC3)cnc2C1. The van der Waals surface area contributed by atoms with Crippen molar-refractivity contribution in [1.82, 2.24) is 20.3 Å². The second-order valence-corrected chi connectivity index (χ2v) is 8.20. The van der Waals surface area contributed by atoms with Gasteiger partial charge < -0.3 is 15.0 Å². The Hall–Kier alpha value is -3.58. The first-order chi connectivity index (χ1) is 15.8. The van der Waals surface area contributed by atoms with E-state index in [9.17, 15) is 0 Å². The highest BCUT2D eigenvalue weighted by atomic mass is 16.5. The molecule has 1 atom stereocenters. The number of rotatable bonds is 4. The molecule has 0 bridgehead atoms. The number of anilines is 1. The first kappa shape index (κ1) is 19.1. The van der Waals surface area contributed by atoms with Gasteiger partial charge in [0.15, 0.2) is 11.7 Å². The Balaban J connectivity index is 1.20. The number of benzene rings is 1. The summed E-state index contributed by atoms with van der Waals surface area (Å²) in [6, 6.07) is 12.8. The van der Waals surface area contributed by atoms with E-state index in [2.05, 4.69) is 49.5 Å². The van der Waals surface area contributed by atoms with Crippen molar-refractivity contribution < 1.29 is 4.74 Å². The Bertz CT molecular complexity index is 1180. The number of aromatic nitrogens is 3. The summed E-state index contributed by atoms with van der Waals surface area (Å²) in [5.74, 6) is 1.38. The molecule has 1 N–H and O–H groups in total. The van der Waals surface area contributed by atoms with Crippen LogP contribution in [0.2, 0.25) is 0 Å². The van der Waals surface area contributed by atoms with Crippen LogP contribution < -0.4 is 10.2 Å². The minimum Gasteiger partial charge on any atom is -0.378 e. The van der Waals surface area contributed by atoms with Crippen LogP contribution in [0.1, 0.15) is 34.3 Å². The van der Waals surface area contributed by atoms with Gasteiger partial charge in [-0.3, -0.25) is 9.98 Å². The molecular formula is C25H24N6O. The number of hydrogen-bond acceptors (Lipinski definition) is 7. The van der Waals surface area contributed by atoms with E-state index in [-0.39, 0.29) is 6.04 Å². The zero-order chi connectivity index (χ0) is 21.3. The second kappa shape index (κ2) is 8.16. The van der Waals surface area contributed by atoms with E-state index in [0.717, 1.165) is 61.1 Å². The second-order valence-electron chi connectivity index (χ2n) is 8.20. The Labute approximate surface area is 186 Å². The number of morpholine rings is 1. The maximum absolute atomic E-state index is 5.48. The molecule has 3 aliphatic rings. The zero-order valence-electron chi connectivity index (χ0n) is 17.7. The number of hydrogen-bond donors (Lipinski definition) is 1. The molecule has 7 heteroatoms. The molecule has 1 aromatic carbocycles. The van der Waals surface area contributed by atoms with E-state index in [0.29, 0.717) is 12.4 Å². The lowest BCUT2D eigenvalue weighted by molar-refractivity contribution is 0.122. The predicted molar refractivity (Wildman–Crippen MR) is 124 cm³/mol. The number of ether oxygens (including phenoxy) is 1. The Morgan fingerprint density at radius 3 is 2.59 bits per heavy atom. The fraction of sp³-hybridized carbons (Fsp3) is 0.280. The topological polar surface area (TPSA) is 75.5 Å². The Morgan fingerprint density at radius 1 is 0.969 bits per heavy atom. The molecule has 3 aromatic rings. The van der Waals surface area contributed by atoms with Crippen LogP contribution in [0.4, 0.5) is 5.69 Å². The summed E-state index contributed by atoms with van der Waals surface area (Å²) < 4.78 is 5.48. The van der Waals surface area contributed by atoms with Crippen molar-refractivity contribution in [3.8, 4) is 0 Å². The quantitative estimate of drug-likeness (QED) is 0.694. The number of aliphatic imine (C=N–C) groups is 1. The van der Waals surface area contributed by atoms with E-state index < -0.39 is 0 Å². The standard InChI is InChI=1S/C25H24N6O/c1-2-4-17(5-3-1)23-16-29-25(30-23)24-27-13-18(14-28-24)20-6-7-22-21(20)12-19(15-26-22)31-8-10-32-11-9-31/h1-6,12-15,23H,7-11,16H2,(H,29,30)/t23-/m1/s1. The summed E-state index contributed by atoms with van der Waals surface area (Å²) in [6.45, 7) is 4.02. The normalized spacial score (nSPS) is 19.9. The van der Waals surface area contributed by atoms with Crippen molar-refractivity contribution in [3.05, 3.63) is 89.3 Å². The summed E-state index contributed by atoms with van der Waals surface area (Å²) in [6.07, 6.45) is 8.82. The molecule has 1 aliphatic carbocycles. The highest BCUT2D eigenvalue weighted by Crippen LogP contribution is 2.33. The smallest absolute Gasteiger partial charge is 0.194 e. The van der Waals surface area contributed by atoms with Gasteiger partial charge in [-0.25, -0.2) is 9.97 Å². The fourth-order valence-corrected chi connectivity index (χ4v) is 4.49. The molecule has 2 aromatic heterocycles.